The van der Waals surface area contributed by atoms with E-state index >= 15 is 0 Å². The van der Waals surface area contributed by atoms with Crippen molar-refractivity contribution in [2.24, 2.45) is 0 Å². The topological polar surface area (TPSA) is 353 Å². The molecule has 32 heteroatoms. The van der Waals surface area contributed by atoms with Crippen molar-refractivity contribution in [1.29, 1.82) is 21.0 Å². The summed E-state index contributed by atoms with van der Waals surface area (Å²) in [5, 5.41) is 101. The Bertz CT molecular complexity index is 2240. The zero-order valence-corrected chi connectivity index (χ0v) is 94.4. The van der Waals surface area contributed by atoms with Crippen molar-refractivity contribution in [3.63, 3.8) is 0 Å². The molecule has 0 spiro atoms. The lowest BCUT2D eigenvalue weighted by molar-refractivity contribution is -0.917. The minimum absolute atomic E-state index is 0.917. The molecule has 0 aromatic heterocycles. The van der Waals surface area contributed by atoms with Crippen LogP contribution in [-0.2, 0) is 37.9 Å². The lowest BCUT2D eigenvalue weighted by Crippen LogP contribution is -2.52. The number of nitrogens with zero attached hydrogens (tertiary/aromatic N) is 12. The smallest absolute Gasteiger partial charge is 0.102 e. The summed E-state index contributed by atoms with van der Waals surface area (Å²) in [6, 6.07) is 0. The summed E-state index contributed by atoms with van der Waals surface area (Å²) < 4.78 is 53.2. The van der Waals surface area contributed by atoms with Gasteiger partial charge in [0.1, 0.15) is 105 Å². The van der Waals surface area contributed by atoms with Crippen molar-refractivity contribution in [3.8, 4) is 23.9 Å². The van der Waals surface area contributed by atoms with Gasteiger partial charge in [0.05, 0.1) is 214 Å². The molecule has 8 heterocycles. The molecule has 8 aliphatic rings. The van der Waals surface area contributed by atoms with E-state index in [1.54, 1.807) is 0 Å². The molecule has 0 unspecified atom stereocenters. The number of rotatable bonds is 56. The van der Waals surface area contributed by atoms with Crippen LogP contribution >= 0.6 is 0 Å². The van der Waals surface area contributed by atoms with E-state index in [1.165, 1.54) is 501 Å². The number of likely N-dealkylation sites (N-methyl/N-ethyl adjacent to an activating group) is 8. The standard InChI is InChI=1S/8C13H28NO.4CBNO2/c8*1-3-4-5-6-7-8-9-14(2)10-12-15-13-11-14;4*3-1-2(4)5/h8*3-13H2,1-2H3;;;;/q8*+1;4*-2. The SMILES string of the molecule is CCCCCCCC[N+]1(C)CCOCC1.CCCCCCCC[N+]1(C)CCOCC1.CCCCCCCC[N+]1(C)CCOCC1.CCCCCCCC[N+]1(C)CCOCC1.CCCCCCCC[N+]1(C)CCOCC1.CCCCCCCC[N+]1(C)CCOCC1.CCCCCCCC[N+]1(C)CCOCC1.CCCCCCCC[N+]1(C)CCOCC1.N#CB([O-])[O-].N#CB([O-])[O-].N#CB([O-])[O-].N#CB([O-])[O-]. The van der Waals surface area contributed by atoms with Gasteiger partial charge in [0.2, 0.25) is 0 Å². The van der Waals surface area contributed by atoms with Gasteiger partial charge in [0.25, 0.3) is 0 Å². The molecule has 0 amide bonds. The van der Waals surface area contributed by atoms with Crippen molar-refractivity contribution in [2.75, 3.05) is 319 Å². The summed E-state index contributed by atoms with van der Waals surface area (Å²) >= 11 is 0. The summed E-state index contributed by atoms with van der Waals surface area (Å²) in [6.45, 7) is 64.0. The lowest BCUT2D eigenvalue weighted by atomic mass is 9.97. The highest BCUT2D eigenvalue weighted by molar-refractivity contribution is 6.47. The number of hydrogen-bond donors (Lipinski definition) is 0. The zero-order chi connectivity index (χ0) is 105. The minimum Gasteiger partial charge on any atom is -0.881 e. The van der Waals surface area contributed by atoms with Crippen molar-refractivity contribution in [3.05, 3.63) is 0 Å². The molecular weight excluding hydrogens is 1760 g/mol. The van der Waals surface area contributed by atoms with Gasteiger partial charge in [-0.1, -0.05) is 261 Å². The van der Waals surface area contributed by atoms with Crippen LogP contribution in [0.15, 0.2) is 0 Å². The first kappa shape index (κ1) is 144. The maximum atomic E-state index is 8.98. The maximum Gasteiger partial charge on any atom is 0.102 e. The Balaban J connectivity index is -0.000000733. The van der Waals surface area contributed by atoms with E-state index in [0.29, 0.717) is 0 Å². The van der Waals surface area contributed by atoms with E-state index in [2.05, 4.69) is 112 Å². The van der Waals surface area contributed by atoms with Gasteiger partial charge < -0.3 is 114 Å². The Labute approximate surface area is 865 Å². The predicted octanol–water partition coefficient (Wildman–Crippen LogP) is 11.6. The fourth-order valence-electron chi connectivity index (χ4n) is 18.2. The van der Waals surface area contributed by atoms with Crippen LogP contribution < -0.4 is 40.2 Å². The third-order valence-electron chi connectivity index (χ3n) is 29.2. The molecular formula is C108H224B4N12O16. The summed E-state index contributed by atoms with van der Waals surface area (Å²) in [5.41, 5.74) is 0. The molecule has 0 atom stereocenters. The predicted molar refractivity (Wildman–Crippen MR) is 565 cm³/mol. The van der Waals surface area contributed by atoms with Crippen LogP contribution in [0.5, 0.6) is 0 Å². The minimum atomic E-state index is -2.31. The monoisotopic (exact) mass is 1990 g/mol. The molecule has 8 aliphatic heterocycles. The molecule has 0 saturated carbocycles. The molecule has 0 bridgehead atoms. The second-order valence-corrected chi connectivity index (χ2v) is 43.2. The third kappa shape index (κ3) is 98.6. The number of unbranched alkanes of at least 4 members (excludes halogenated alkanes) is 40. The molecule has 0 aromatic carbocycles. The van der Waals surface area contributed by atoms with E-state index in [0.717, 1.165) is 130 Å². The average Bonchev–Trinajstić information content (AvgIpc) is 0.926. The largest absolute Gasteiger partial charge is 0.881 e. The van der Waals surface area contributed by atoms with Crippen molar-refractivity contribution in [1.82, 2.24) is 0 Å². The molecule has 824 valence electrons. The molecule has 8 rings (SSSR count). The second-order valence-electron chi connectivity index (χ2n) is 43.2. The number of morpholine rings is 8. The maximum absolute atomic E-state index is 8.98. The molecule has 0 radical (unpaired) electrons. The Hall–Kier alpha value is -2.74. The molecule has 8 saturated heterocycles. The first-order chi connectivity index (χ1) is 67.2. The van der Waals surface area contributed by atoms with Crippen LogP contribution in [0.25, 0.3) is 0 Å². The Morgan fingerprint density at radius 1 is 0.157 bits per heavy atom. The Morgan fingerprint density at radius 2 is 0.229 bits per heavy atom. The van der Waals surface area contributed by atoms with E-state index in [1.807, 2.05) is 0 Å². The number of ether oxygens (including phenoxy) is 8. The van der Waals surface area contributed by atoms with E-state index in [-0.39, 0.29) is 0 Å². The molecule has 8 fully saturated rings. The van der Waals surface area contributed by atoms with E-state index < -0.39 is 28.5 Å². The van der Waals surface area contributed by atoms with Crippen LogP contribution in [0.2, 0.25) is 0 Å². The number of nitriles is 4. The zero-order valence-electron chi connectivity index (χ0n) is 94.4. The lowest BCUT2D eigenvalue weighted by Gasteiger charge is -2.37. The second kappa shape index (κ2) is 101. The fourth-order valence-corrected chi connectivity index (χ4v) is 18.2. The Kier molecular flexibility index (Phi) is 103. The van der Waals surface area contributed by atoms with Gasteiger partial charge >= 0.3 is 0 Å². The van der Waals surface area contributed by atoms with Crippen LogP contribution in [0.3, 0.4) is 0 Å². The van der Waals surface area contributed by atoms with Gasteiger partial charge in [-0.15, -0.1) is 0 Å². The van der Waals surface area contributed by atoms with Gasteiger partial charge in [-0.25, -0.2) is 21.0 Å². The van der Waals surface area contributed by atoms with Crippen LogP contribution in [0.1, 0.15) is 364 Å². The van der Waals surface area contributed by atoms with Crippen molar-refractivity contribution in [2.45, 2.75) is 364 Å². The number of quaternary nitrogens is 8. The highest BCUT2D eigenvalue weighted by atomic mass is 16.5. The van der Waals surface area contributed by atoms with Gasteiger partial charge in [-0.2, -0.15) is 0 Å². The van der Waals surface area contributed by atoms with Gasteiger partial charge in [0, 0.05) is 28.5 Å². The van der Waals surface area contributed by atoms with Crippen LogP contribution in [0, 0.1) is 44.9 Å². The van der Waals surface area contributed by atoms with Crippen LogP contribution in [-0.4, -0.2) is 384 Å². The van der Waals surface area contributed by atoms with E-state index in [4.69, 9.17) is 99.1 Å². The number of hydrogen-bond acceptors (Lipinski definition) is 20. The first-order valence-electron chi connectivity index (χ1n) is 57.4. The normalized spacial score (nSPS) is 18.3. The molecule has 0 aliphatic carbocycles. The highest BCUT2D eigenvalue weighted by Gasteiger charge is 2.31. The van der Waals surface area contributed by atoms with Gasteiger partial charge in [-0.3, -0.25) is 0 Å². The molecule has 0 aromatic rings. The van der Waals surface area contributed by atoms with Gasteiger partial charge in [0.15, 0.2) is 0 Å². The summed E-state index contributed by atoms with van der Waals surface area (Å²) in [5.74, 6) is 3.67. The third-order valence-corrected chi connectivity index (χ3v) is 29.2. The summed E-state index contributed by atoms with van der Waals surface area (Å²) in [4.78, 5) is 0. The first-order valence-corrected chi connectivity index (χ1v) is 57.4. The molecule has 0 N–H and O–H groups in total. The Morgan fingerprint density at radius 3 is 0.300 bits per heavy atom. The summed E-state index contributed by atoms with van der Waals surface area (Å²) in [7, 11) is 9.83. The van der Waals surface area contributed by atoms with Gasteiger partial charge in [-0.05, 0) is 127 Å². The summed E-state index contributed by atoms with van der Waals surface area (Å²) in [6.07, 6.45) is 67.7. The quantitative estimate of drug-likeness (QED) is 0.0310. The molecule has 140 heavy (non-hydrogen) atoms. The average molecular weight is 1990 g/mol. The van der Waals surface area contributed by atoms with E-state index in [9.17, 15) is 0 Å². The van der Waals surface area contributed by atoms with Crippen molar-refractivity contribution >= 4 is 28.5 Å². The molecule has 28 nitrogen and oxygen atoms in total. The van der Waals surface area contributed by atoms with Crippen molar-refractivity contribution < 1.29 is 114 Å². The van der Waals surface area contributed by atoms with Crippen LogP contribution in [0.4, 0.5) is 0 Å². The highest BCUT2D eigenvalue weighted by Crippen LogP contribution is 2.21. The fraction of sp³-hybridized carbons (Fsp3) is 0.963.